The number of methoxy groups -OCH3 is 1. The van der Waals surface area contributed by atoms with E-state index in [1.54, 1.807) is 49.4 Å². The van der Waals surface area contributed by atoms with Gasteiger partial charge in [-0.05, 0) is 77.0 Å². The number of anilines is 1. The normalized spacial score (nSPS) is 14.8. The molecular weight excluding hydrogens is 602 g/mol. The molecule has 1 saturated heterocycles. The van der Waals surface area contributed by atoms with Gasteiger partial charge in [-0.1, -0.05) is 35.9 Å². The summed E-state index contributed by atoms with van der Waals surface area (Å²) in [4.78, 5) is 39.0. The number of rotatable bonds is 6. The lowest BCUT2D eigenvalue weighted by Gasteiger charge is -2.26. The Kier molecular flexibility index (Phi) is 7.60. The van der Waals surface area contributed by atoms with E-state index in [1.165, 1.54) is 25.3 Å². The summed E-state index contributed by atoms with van der Waals surface area (Å²) in [6, 6.07) is 13.4. The number of aryl methyl sites for hydroxylation is 1. The Balaban J connectivity index is 1.66. The van der Waals surface area contributed by atoms with Crippen LogP contribution in [0.25, 0.3) is 6.08 Å². The fourth-order valence-electron chi connectivity index (χ4n) is 3.51. The minimum absolute atomic E-state index is 0.0173. The molecule has 0 bridgehead atoms. The molecule has 0 saturated carbocycles. The van der Waals surface area contributed by atoms with Crippen LogP contribution in [0.3, 0.4) is 0 Å². The number of ether oxygens (including phenoxy) is 2. The SMILES string of the molecule is COc1cc(/C=C2/C(=O)NC(=O)N(c3ccc(C)c(Cl)c3)C2=O)cc(I)c1OCc1ccccc1F. The number of benzene rings is 3. The lowest BCUT2D eigenvalue weighted by Crippen LogP contribution is -2.54. The molecule has 36 heavy (non-hydrogen) atoms. The van der Waals surface area contributed by atoms with Crippen LogP contribution >= 0.6 is 34.2 Å². The largest absolute Gasteiger partial charge is 0.493 e. The van der Waals surface area contributed by atoms with Crippen molar-refractivity contribution in [3.05, 3.63) is 91.3 Å². The van der Waals surface area contributed by atoms with Crippen LogP contribution in [-0.4, -0.2) is 25.0 Å². The highest BCUT2D eigenvalue weighted by atomic mass is 127. The van der Waals surface area contributed by atoms with Gasteiger partial charge in [0.15, 0.2) is 11.5 Å². The predicted octanol–water partition coefficient (Wildman–Crippen LogP) is 5.65. The van der Waals surface area contributed by atoms with Crippen molar-refractivity contribution in [1.82, 2.24) is 5.32 Å². The van der Waals surface area contributed by atoms with Gasteiger partial charge in [0.1, 0.15) is 18.0 Å². The summed E-state index contributed by atoms with van der Waals surface area (Å²) in [5, 5.41) is 2.56. The van der Waals surface area contributed by atoms with Crippen molar-refractivity contribution in [3.63, 3.8) is 0 Å². The third kappa shape index (κ3) is 5.21. The molecule has 0 aliphatic carbocycles. The maximum absolute atomic E-state index is 14.0. The van der Waals surface area contributed by atoms with E-state index in [0.717, 1.165) is 10.5 Å². The molecule has 0 unspecified atom stereocenters. The number of carbonyl (C=O) groups is 3. The Morgan fingerprint density at radius 2 is 1.86 bits per heavy atom. The topological polar surface area (TPSA) is 84.9 Å². The fourth-order valence-corrected chi connectivity index (χ4v) is 4.46. The van der Waals surface area contributed by atoms with E-state index in [1.807, 2.05) is 22.6 Å². The van der Waals surface area contributed by atoms with Crippen molar-refractivity contribution in [3.8, 4) is 11.5 Å². The average Bonchev–Trinajstić information content (AvgIpc) is 2.83. The highest BCUT2D eigenvalue weighted by Crippen LogP contribution is 2.36. The van der Waals surface area contributed by atoms with Gasteiger partial charge in [0.25, 0.3) is 11.8 Å². The smallest absolute Gasteiger partial charge is 0.335 e. The molecule has 0 radical (unpaired) electrons. The zero-order valence-corrected chi connectivity index (χ0v) is 22.0. The van der Waals surface area contributed by atoms with Crippen LogP contribution in [0.5, 0.6) is 11.5 Å². The Morgan fingerprint density at radius 3 is 2.56 bits per heavy atom. The molecule has 1 aliphatic rings. The second-order valence-electron chi connectivity index (χ2n) is 7.81. The molecule has 1 heterocycles. The van der Waals surface area contributed by atoms with Crippen LogP contribution in [-0.2, 0) is 16.2 Å². The van der Waals surface area contributed by atoms with Gasteiger partial charge < -0.3 is 9.47 Å². The lowest BCUT2D eigenvalue weighted by atomic mass is 10.1. The summed E-state index contributed by atoms with van der Waals surface area (Å²) >= 11 is 8.19. The summed E-state index contributed by atoms with van der Waals surface area (Å²) in [6.07, 6.45) is 1.36. The summed E-state index contributed by atoms with van der Waals surface area (Å²) in [5.41, 5.74) is 1.60. The zero-order chi connectivity index (χ0) is 26.0. The minimum Gasteiger partial charge on any atom is -0.493 e. The van der Waals surface area contributed by atoms with Gasteiger partial charge >= 0.3 is 6.03 Å². The maximum atomic E-state index is 14.0. The first kappa shape index (κ1) is 25.6. The monoisotopic (exact) mass is 620 g/mol. The quantitative estimate of drug-likeness (QED) is 0.219. The fraction of sp³-hybridized carbons (Fsp3) is 0.115. The van der Waals surface area contributed by atoms with Crippen molar-refractivity contribution >= 4 is 63.8 Å². The van der Waals surface area contributed by atoms with Crippen LogP contribution in [0.2, 0.25) is 5.02 Å². The number of nitrogens with zero attached hydrogens (tertiary/aromatic N) is 1. The van der Waals surface area contributed by atoms with E-state index >= 15 is 0 Å². The van der Waals surface area contributed by atoms with Gasteiger partial charge in [0.2, 0.25) is 0 Å². The molecule has 10 heteroatoms. The first-order chi connectivity index (χ1) is 17.2. The lowest BCUT2D eigenvalue weighted by molar-refractivity contribution is -0.122. The number of nitrogens with one attached hydrogen (secondary N) is 1. The molecule has 0 spiro atoms. The number of hydrogen-bond acceptors (Lipinski definition) is 5. The van der Waals surface area contributed by atoms with Gasteiger partial charge in [0, 0.05) is 10.6 Å². The van der Waals surface area contributed by atoms with Gasteiger partial charge in [0.05, 0.1) is 16.4 Å². The zero-order valence-electron chi connectivity index (χ0n) is 19.1. The highest BCUT2D eigenvalue weighted by Gasteiger charge is 2.37. The van der Waals surface area contributed by atoms with Crippen LogP contribution in [0.4, 0.5) is 14.9 Å². The summed E-state index contributed by atoms with van der Waals surface area (Å²) in [7, 11) is 1.44. The molecular formula is C26H19ClFIN2O5. The first-order valence-electron chi connectivity index (χ1n) is 10.6. The van der Waals surface area contributed by atoms with Crippen molar-refractivity contribution in [2.75, 3.05) is 12.0 Å². The van der Waals surface area contributed by atoms with Crippen LogP contribution < -0.4 is 19.7 Å². The number of halogens is 3. The second kappa shape index (κ2) is 10.7. The van der Waals surface area contributed by atoms with Gasteiger partial charge in [-0.15, -0.1) is 0 Å². The predicted molar refractivity (Wildman–Crippen MR) is 142 cm³/mol. The summed E-state index contributed by atoms with van der Waals surface area (Å²) in [6.45, 7) is 1.77. The van der Waals surface area contributed by atoms with Crippen LogP contribution in [0, 0.1) is 16.3 Å². The van der Waals surface area contributed by atoms with E-state index in [2.05, 4.69) is 5.32 Å². The summed E-state index contributed by atoms with van der Waals surface area (Å²) < 4.78 is 25.8. The maximum Gasteiger partial charge on any atom is 0.335 e. The van der Waals surface area contributed by atoms with Crippen LogP contribution in [0.15, 0.2) is 60.2 Å². The molecule has 0 atom stereocenters. The number of amides is 4. The van der Waals surface area contributed by atoms with E-state index in [4.69, 9.17) is 21.1 Å². The molecule has 4 rings (SSSR count). The second-order valence-corrected chi connectivity index (χ2v) is 9.37. The van der Waals surface area contributed by atoms with Crippen molar-refractivity contribution < 1.29 is 28.2 Å². The Hall–Kier alpha value is -3.44. The molecule has 3 aromatic rings. The number of barbiturate groups is 1. The standard InChI is InChI=1S/C26H19ClFIN2O5/c1-14-7-8-17(12-19(14)27)31-25(33)18(24(32)30-26(31)34)9-15-10-21(29)23(22(11-15)35-2)36-13-16-5-3-4-6-20(16)28/h3-12H,13H2,1-2H3,(H,30,32,34)/b18-9-. The Morgan fingerprint density at radius 1 is 1.11 bits per heavy atom. The van der Waals surface area contributed by atoms with Gasteiger partial charge in [-0.25, -0.2) is 14.1 Å². The number of carbonyl (C=O) groups excluding carboxylic acids is 3. The highest BCUT2D eigenvalue weighted by molar-refractivity contribution is 14.1. The number of hydrogen-bond donors (Lipinski definition) is 1. The Bertz CT molecular complexity index is 1430. The van der Waals surface area contributed by atoms with Crippen molar-refractivity contribution in [2.45, 2.75) is 13.5 Å². The molecule has 7 nitrogen and oxygen atoms in total. The third-order valence-corrected chi connectivity index (χ3v) is 6.62. The summed E-state index contributed by atoms with van der Waals surface area (Å²) in [5.74, 6) is -1.30. The third-order valence-electron chi connectivity index (χ3n) is 5.41. The molecule has 1 aliphatic heterocycles. The van der Waals surface area contributed by atoms with E-state index in [9.17, 15) is 18.8 Å². The van der Waals surface area contributed by atoms with Crippen LogP contribution in [0.1, 0.15) is 16.7 Å². The van der Waals surface area contributed by atoms with Gasteiger partial charge in [-0.2, -0.15) is 0 Å². The molecule has 1 N–H and O–H groups in total. The number of urea groups is 1. The van der Waals surface area contributed by atoms with Gasteiger partial charge in [-0.3, -0.25) is 14.9 Å². The Labute approximate surface area is 225 Å². The molecule has 184 valence electrons. The van der Waals surface area contributed by atoms with E-state index < -0.39 is 17.8 Å². The molecule has 1 fully saturated rings. The molecule has 3 aromatic carbocycles. The van der Waals surface area contributed by atoms with E-state index in [0.29, 0.717) is 31.2 Å². The van der Waals surface area contributed by atoms with Crippen molar-refractivity contribution in [1.29, 1.82) is 0 Å². The molecule has 4 amide bonds. The average molecular weight is 621 g/mol. The minimum atomic E-state index is -0.869. The van der Waals surface area contributed by atoms with E-state index in [-0.39, 0.29) is 23.7 Å². The number of imide groups is 2. The molecule has 0 aromatic heterocycles. The van der Waals surface area contributed by atoms with Crippen molar-refractivity contribution in [2.24, 2.45) is 0 Å². The first-order valence-corrected chi connectivity index (χ1v) is 12.1.